The summed E-state index contributed by atoms with van der Waals surface area (Å²) < 4.78 is 5.72. The second-order valence-corrected chi connectivity index (χ2v) is 5.49. The fourth-order valence-electron chi connectivity index (χ4n) is 2.17. The van der Waals surface area contributed by atoms with Crippen molar-refractivity contribution in [2.24, 2.45) is 0 Å². The van der Waals surface area contributed by atoms with Crippen LogP contribution in [0.5, 0.6) is 0 Å². The quantitative estimate of drug-likeness (QED) is 0.759. The Hall–Kier alpha value is -3.16. The first-order valence-corrected chi connectivity index (χ1v) is 7.65. The number of H-pyrrole nitrogens is 1. The Bertz CT molecular complexity index is 856. The predicted molar refractivity (Wildman–Crippen MR) is 89.9 cm³/mol. The summed E-state index contributed by atoms with van der Waals surface area (Å²) in [4.78, 5) is 48.1. The summed E-state index contributed by atoms with van der Waals surface area (Å²) in [6.07, 6.45) is 0. The number of amides is 1. The van der Waals surface area contributed by atoms with Crippen LogP contribution in [0.3, 0.4) is 0 Å². The summed E-state index contributed by atoms with van der Waals surface area (Å²) in [6.45, 7) is 0.946. The molecule has 1 atom stereocenters. The molecule has 0 saturated carbocycles. The molecular formula is C17H19N3O5. The lowest BCUT2D eigenvalue weighted by molar-refractivity contribution is -0.153. The molecule has 0 bridgehead atoms. The number of nitrogens with zero attached hydrogens (tertiary/aromatic N) is 2. The fraction of sp³-hybridized carbons (Fsp3) is 0.294. The van der Waals surface area contributed by atoms with Gasteiger partial charge in [-0.2, -0.15) is 0 Å². The molecule has 0 aliphatic rings. The number of rotatable bonds is 6. The van der Waals surface area contributed by atoms with E-state index in [4.69, 9.17) is 4.74 Å². The molecule has 8 heteroatoms. The van der Waals surface area contributed by atoms with Crippen molar-refractivity contribution in [3.05, 3.63) is 68.7 Å². The van der Waals surface area contributed by atoms with Crippen LogP contribution in [0.1, 0.15) is 18.5 Å². The van der Waals surface area contributed by atoms with E-state index in [1.807, 2.05) is 37.3 Å². The molecule has 0 fully saturated rings. The number of likely N-dealkylation sites (N-methyl/N-ethyl adjacent to an activating group) is 1. The van der Waals surface area contributed by atoms with Gasteiger partial charge in [0.05, 0.1) is 6.04 Å². The largest absolute Gasteiger partial charge is 0.454 e. The third-order valence-corrected chi connectivity index (χ3v) is 3.79. The van der Waals surface area contributed by atoms with E-state index in [0.717, 1.165) is 22.4 Å². The van der Waals surface area contributed by atoms with E-state index in [1.165, 1.54) is 4.90 Å². The van der Waals surface area contributed by atoms with E-state index in [-0.39, 0.29) is 11.9 Å². The monoisotopic (exact) mass is 345 g/mol. The van der Waals surface area contributed by atoms with Gasteiger partial charge in [0.2, 0.25) is 0 Å². The van der Waals surface area contributed by atoms with Gasteiger partial charge in [0, 0.05) is 19.2 Å². The maximum Gasteiger partial charge on any atom is 0.328 e. The van der Waals surface area contributed by atoms with E-state index in [0.29, 0.717) is 0 Å². The van der Waals surface area contributed by atoms with Crippen molar-refractivity contribution in [1.82, 2.24) is 14.7 Å². The molecular weight excluding hydrogens is 326 g/mol. The number of hydrogen-bond donors (Lipinski definition) is 1. The Morgan fingerprint density at radius 1 is 1.16 bits per heavy atom. The van der Waals surface area contributed by atoms with Crippen molar-refractivity contribution < 1.29 is 14.3 Å². The summed E-state index contributed by atoms with van der Waals surface area (Å²) in [7, 11) is 1.62. The maximum atomic E-state index is 12.2. The average molecular weight is 345 g/mol. The zero-order chi connectivity index (χ0) is 18.4. The van der Waals surface area contributed by atoms with Crippen molar-refractivity contribution in [2.75, 3.05) is 13.7 Å². The van der Waals surface area contributed by atoms with Gasteiger partial charge in [-0.1, -0.05) is 30.3 Å². The number of nitrogens with one attached hydrogen (secondary N) is 1. The first-order valence-electron chi connectivity index (χ1n) is 7.65. The molecule has 1 aromatic heterocycles. The fourth-order valence-corrected chi connectivity index (χ4v) is 2.17. The lowest BCUT2D eigenvalue weighted by atomic mass is 10.1. The molecule has 0 unspecified atom stereocenters. The Morgan fingerprint density at radius 2 is 1.84 bits per heavy atom. The summed E-state index contributed by atoms with van der Waals surface area (Å²) >= 11 is 0. The molecule has 1 amide bonds. The van der Waals surface area contributed by atoms with Crippen molar-refractivity contribution in [3.8, 4) is 0 Å². The Kier molecular flexibility index (Phi) is 5.89. The van der Waals surface area contributed by atoms with Gasteiger partial charge in [0.25, 0.3) is 17.0 Å². The van der Waals surface area contributed by atoms with Crippen molar-refractivity contribution in [1.29, 1.82) is 0 Å². The molecule has 0 aliphatic heterocycles. The van der Waals surface area contributed by atoms with Crippen LogP contribution in [0.15, 0.2) is 52.1 Å². The van der Waals surface area contributed by atoms with E-state index >= 15 is 0 Å². The van der Waals surface area contributed by atoms with E-state index in [2.05, 4.69) is 5.10 Å². The predicted octanol–water partition coefficient (Wildman–Crippen LogP) is 0.299. The molecule has 0 saturated heterocycles. The number of carbonyl (C=O) groups excluding carboxylic acids is 2. The highest BCUT2D eigenvalue weighted by Crippen LogP contribution is 2.18. The van der Waals surface area contributed by atoms with Gasteiger partial charge in [-0.25, -0.2) is 4.68 Å². The minimum atomic E-state index is -0.793. The molecule has 0 radical (unpaired) electrons. The standard InChI is InChI=1S/C17H19N3O5/c1-12(13-6-4-3-5-7-13)19(2)16(23)11-25-17(24)10-20-15(22)9-8-14(21)18-20/h3-9,12H,10-11H2,1-2H3,(H,18,21)/t12-/m0/s1. The molecule has 132 valence electrons. The maximum absolute atomic E-state index is 12.2. The smallest absolute Gasteiger partial charge is 0.328 e. The molecule has 2 aromatic rings. The van der Waals surface area contributed by atoms with Gasteiger partial charge in [0.1, 0.15) is 6.54 Å². The number of esters is 1. The molecule has 1 N–H and O–H groups in total. The van der Waals surface area contributed by atoms with Crippen molar-refractivity contribution in [3.63, 3.8) is 0 Å². The van der Waals surface area contributed by atoms with Gasteiger partial charge in [-0.3, -0.25) is 24.3 Å². The second-order valence-electron chi connectivity index (χ2n) is 5.49. The molecule has 0 aliphatic carbocycles. The Labute approximate surface area is 143 Å². The van der Waals surface area contributed by atoms with E-state index < -0.39 is 30.2 Å². The first-order chi connectivity index (χ1) is 11.9. The number of benzene rings is 1. The van der Waals surface area contributed by atoms with Gasteiger partial charge in [-0.15, -0.1) is 0 Å². The average Bonchev–Trinajstić information content (AvgIpc) is 2.62. The number of ether oxygens (including phenoxy) is 1. The normalized spacial score (nSPS) is 11.6. The molecule has 8 nitrogen and oxygen atoms in total. The Balaban J connectivity index is 1.90. The number of carbonyl (C=O) groups is 2. The van der Waals surface area contributed by atoms with Crippen molar-refractivity contribution >= 4 is 11.9 Å². The highest BCUT2D eigenvalue weighted by atomic mass is 16.5. The summed E-state index contributed by atoms with van der Waals surface area (Å²) in [5.74, 6) is -1.17. The van der Waals surface area contributed by atoms with Crippen molar-refractivity contribution in [2.45, 2.75) is 19.5 Å². The van der Waals surface area contributed by atoms with Crippen LogP contribution < -0.4 is 11.1 Å². The van der Waals surface area contributed by atoms with Gasteiger partial charge >= 0.3 is 5.97 Å². The zero-order valence-electron chi connectivity index (χ0n) is 14.0. The lowest BCUT2D eigenvalue weighted by Gasteiger charge is -2.25. The van der Waals surface area contributed by atoms with Crippen LogP contribution in [0.25, 0.3) is 0 Å². The molecule has 0 spiro atoms. The summed E-state index contributed by atoms with van der Waals surface area (Å²) in [5, 5.41) is 2.21. The highest BCUT2D eigenvalue weighted by Gasteiger charge is 2.19. The van der Waals surface area contributed by atoms with Crippen LogP contribution in [0.2, 0.25) is 0 Å². The molecule has 25 heavy (non-hydrogen) atoms. The van der Waals surface area contributed by atoms with E-state index in [9.17, 15) is 19.2 Å². The minimum absolute atomic E-state index is 0.180. The van der Waals surface area contributed by atoms with Crippen LogP contribution >= 0.6 is 0 Å². The summed E-state index contributed by atoms with van der Waals surface area (Å²) in [6, 6.07) is 11.4. The number of aromatic nitrogens is 2. The van der Waals surface area contributed by atoms with Gasteiger partial charge in [0.15, 0.2) is 6.61 Å². The number of hydrogen-bond acceptors (Lipinski definition) is 5. The lowest BCUT2D eigenvalue weighted by Crippen LogP contribution is -2.35. The van der Waals surface area contributed by atoms with Crippen LogP contribution in [0.4, 0.5) is 0 Å². The van der Waals surface area contributed by atoms with Gasteiger partial charge < -0.3 is 9.64 Å². The topological polar surface area (TPSA) is 101 Å². The third kappa shape index (κ3) is 4.90. The van der Waals surface area contributed by atoms with Crippen LogP contribution in [-0.2, 0) is 20.9 Å². The minimum Gasteiger partial charge on any atom is -0.454 e. The van der Waals surface area contributed by atoms with E-state index in [1.54, 1.807) is 7.05 Å². The first kappa shape index (κ1) is 18.2. The molecule has 1 aromatic carbocycles. The van der Waals surface area contributed by atoms with Crippen LogP contribution in [0, 0.1) is 0 Å². The highest BCUT2D eigenvalue weighted by molar-refractivity contribution is 5.80. The SMILES string of the molecule is C[C@@H](c1ccccc1)N(C)C(=O)COC(=O)Cn1[nH]c(=O)ccc1=O. The van der Waals surface area contributed by atoms with Crippen LogP contribution in [-0.4, -0.2) is 40.2 Å². The third-order valence-electron chi connectivity index (χ3n) is 3.79. The Morgan fingerprint density at radius 3 is 2.52 bits per heavy atom. The number of aromatic amines is 1. The molecule has 2 rings (SSSR count). The zero-order valence-corrected chi connectivity index (χ0v) is 14.0. The second kappa shape index (κ2) is 8.09. The summed E-state index contributed by atoms with van der Waals surface area (Å²) in [5.41, 5.74) is -0.101. The van der Waals surface area contributed by atoms with Gasteiger partial charge in [-0.05, 0) is 12.5 Å². The molecule has 1 heterocycles.